The SMILES string of the molecule is C.C.CC(C)(C)c1ccnc(-n2c3ccccc3c3ccc(O)cc32)c1.Cc1cc2c3nc(Br)ccc3c3ncccc3n2n1.Cc1cc2c3nc(Oc4ccc5c6ccccc6n(-c6cc(C(C)(C)C)ccn6)c5c4)ccc3c3ncccc3n2n1. The van der Waals surface area contributed by atoms with Crippen LogP contribution < -0.4 is 4.74 Å². The van der Waals surface area contributed by atoms with E-state index in [-0.39, 0.29) is 31.4 Å². The highest BCUT2D eigenvalue weighted by atomic mass is 79.9. The number of rotatable bonds is 4. The van der Waals surface area contributed by atoms with E-state index in [1.54, 1.807) is 24.5 Å². The molecule has 0 aliphatic rings. The molecule has 0 fully saturated rings. The Balaban J connectivity index is 0.000000139. The van der Waals surface area contributed by atoms with E-state index in [4.69, 9.17) is 19.8 Å². The monoisotopic (exact) mass is 1210 g/mol. The summed E-state index contributed by atoms with van der Waals surface area (Å²) < 4.78 is 15.4. The molecule has 87 heavy (non-hydrogen) atoms. The average Bonchev–Trinajstić information content (AvgIpc) is 1.86. The number of phenolic OH excluding ortho intramolecular Hbond substituents is 1. The molecular formula is C72H65BrN12O2. The highest BCUT2D eigenvalue weighted by Gasteiger charge is 2.21. The summed E-state index contributed by atoms with van der Waals surface area (Å²) in [5.74, 6) is 3.23. The Morgan fingerprint density at radius 1 is 0.402 bits per heavy atom. The first kappa shape index (κ1) is 57.3. The van der Waals surface area contributed by atoms with Gasteiger partial charge < -0.3 is 9.84 Å². The van der Waals surface area contributed by atoms with E-state index >= 15 is 0 Å². The number of pyridine rings is 8. The largest absolute Gasteiger partial charge is 0.508 e. The molecule has 16 aromatic rings. The van der Waals surface area contributed by atoms with Crippen LogP contribution in [0.25, 0.3) is 110 Å². The van der Waals surface area contributed by atoms with Gasteiger partial charge in [-0.25, -0.2) is 29.0 Å². The number of hydrogen-bond acceptors (Lipinski definition) is 10. The highest BCUT2D eigenvalue weighted by Crippen LogP contribution is 2.38. The summed E-state index contributed by atoms with van der Waals surface area (Å²) in [5.41, 5.74) is 16.0. The van der Waals surface area contributed by atoms with Crippen molar-refractivity contribution >= 4 is 114 Å². The van der Waals surface area contributed by atoms with Gasteiger partial charge in [0, 0.05) is 75.3 Å². The van der Waals surface area contributed by atoms with E-state index in [9.17, 15) is 5.11 Å². The minimum absolute atomic E-state index is 0. The molecule has 0 unspecified atom stereocenters. The maximum atomic E-state index is 9.98. The molecule has 0 aliphatic heterocycles. The van der Waals surface area contributed by atoms with Gasteiger partial charge in [-0.3, -0.25) is 19.1 Å². The Labute approximate surface area is 511 Å². The van der Waals surface area contributed by atoms with Gasteiger partial charge in [0.05, 0.1) is 72.1 Å². The third-order valence-electron chi connectivity index (χ3n) is 15.6. The molecule has 0 amide bonds. The summed E-state index contributed by atoms with van der Waals surface area (Å²) >= 11 is 3.43. The fraction of sp³-hybridized carbons (Fsp3) is 0.167. The zero-order valence-corrected chi connectivity index (χ0v) is 49.7. The zero-order valence-electron chi connectivity index (χ0n) is 48.1. The number of hydrogen-bond donors (Lipinski definition) is 1. The molecule has 0 spiro atoms. The molecule has 14 nitrogen and oxygen atoms in total. The van der Waals surface area contributed by atoms with Crippen molar-refractivity contribution in [2.24, 2.45) is 0 Å². The van der Waals surface area contributed by atoms with E-state index in [1.165, 1.54) is 16.5 Å². The molecule has 12 heterocycles. The van der Waals surface area contributed by atoms with Crippen molar-refractivity contribution in [2.45, 2.75) is 81.1 Å². The van der Waals surface area contributed by atoms with Crippen LogP contribution in [-0.4, -0.2) is 63.4 Å². The summed E-state index contributed by atoms with van der Waals surface area (Å²) in [4.78, 5) is 28.1. The van der Waals surface area contributed by atoms with E-state index in [1.807, 2.05) is 114 Å². The number of aryl methyl sites for hydroxylation is 2. The van der Waals surface area contributed by atoms with Gasteiger partial charge in [0.25, 0.3) is 0 Å². The van der Waals surface area contributed by atoms with Gasteiger partial charge in [-0.05, 0) is 167 Å². The van der Waals surface area contributed by atoms with Crippen molar-refractivity contribution in [2.75, 3.05) is 0 Å². The molecule has 0 saturated heterocycles. The van der Waals surface area contributed by atoms with Crippen LogP contribution in [0.2, 0.25) is 0 Å². The van der Waals surface area contributed by atoms with Gasteiger partial charge in [0.15, 0.2) is 0 Å². The first-order chi connectivity index (χ1) is 41.0. The van der Waals surface area contributed by atoms with Crippen LogP contribution in [-0.2, 0) is 10.8 Å². The Morgan fingerprint density at radius 2 is 0.862 bits per heavy atom. The predicted octanol–water partition coefficient (Wildman–Crippen LogP) is 18.3. The summed E-state index contributed by atoms with van der Waals surface area (Å²) in [5, 5.41) is 25.8. The van der Waals surface area contributed by atoms with Crippen molar-refractivity contribution in [3.8, 4) is 29.0 Å². The van der Waals surface area contributed by atoms with E-state index in [0.717, 1.165) is 121 Å². The van der Waals surface area contributed by atoms with Crippen LogP contribution in [0.15, 0.2) is 199 Å². The Hall–Kier alpha value is -10.1. The molecular weight excluding hydrogens is 1140 g/mol. The molecule has 16 rings (SSSR count). The number of benzene rings is 4. The van der Waals surface area contributed by atoms with Crippen LogP contribution in [0.5, 0.6) is 17.4 Å². The first-order valence-corrected chi connectivity index (χ1v) is 28.9. The number of nitrogens with zero attached hydrogens (tertiary/aromatic N) is 12. The van der Waals surface area contributed by atoms with Crippen LogP contribution in [0.4, 0.5) is 0 Å². The highest BCUT2D eigenvalue weighted by molar-refractivity contribution is 9.10. The van der Waals surface area contributed by atoms with Crippen LogP contribution in [0.1, 0.15) is 78.9 Å². The van der Waals surface area contributed by atoms with Crippen LogP contribution in [0.3, 0.4) is 0 Å². The first-order valence-electron chi connectivity index (χ1n) is 28.1. The fourth-order valence-corrected chi connectivity index (χ4v) is 11.9. The average molecular weight is 1210 g/mol. The number of halogens is 1. The summed E-state index contributed by atoms with van der Waals surface area (Å²) in [6, 6.07) is 56.9. The maximum Gasteiger partial charge on any atom is 0.219 e. The quantitative estimate of drug-likeness (QED) is 0.133. The maximum absolute atomic E-state index is 9.98. The zero-order chi connectivity index (χ0) is 58.5. The number of ether oxygens (including phenoxy) is 1. The minimum Gasteiger partial charge on any atom is -0.508 e. The van der Waals surface area contributed by atoms with E-state index < -0.39 is 0 Å². The minimum atomic E-state index is 0. The van der Waals surface area contributed by atoms with Gasteiger partial charge in [-0.15, -0.1) is 0 Å². The molecule has 0 bridgehead atoms. The normalized spacial score (nSPS) is 11.8. The van der Waals surface area contributed by atoms with E-state index in [0.29, 0.717) is 11.6 Å². The Morgan fingerprint density at radius 3 is 1.40 bits per heavy atom. The van der Waals surface area contributed by atoms with Crippen molar-refractivity contribution in [1.82, 2.24) is 58.3 Å². The predicted molar refractivity (Wildman–Crippen MR) is 359 cm³/mol. The lowest BCUT2D eigenvalue weighted by atomic mass is 9.88. The lowest BCUT2D eigenvalue weighted by molar-refractivity contribution is 0.466. The van der Waals surface area contributed by atoms with Crippen molar-refractivity contribution in [3.63, 3.8) is 0 Å². The second-order valence-corrected chi connectivity index (χ2v) is 24.3. The van der Waals surface area contributed by atoms with E-state index in [2.05, 4.69) is 171 Å². The standard InChI is InChI=1S/C35H28N6O.C21H20N2O.C14H9BrN4.2CH4/c1-21-18-30-34-26(33-28(41(30)39-21)10-7-16-37-33)13-14-32(38-34)42-23-11-12-25-24-8-5-6-9-27(24)40(29(25)20-23)31-19-22(15-17-36-31)35(2,3)4;1-21(2,3)14-10-11-22-20(12-14)23-18-7-5-4-6-16(18)17-9-8-15(24)13-19(17)23;1-8-7-11-14-9(4-5-12(15)17-14)13-10(19(11)18-8)3-2-6-16-13;;/h5-20H,1-4H3;4-13,24H,1-3H3;2-7H,1H3;2*1H4. The van der Waals surface area contributed by atoms with Gasteiger partial charge in [-0.2, -0.15) is 10.2 Å². The van der Waals surface area contributed by atoms with Crippen LogP contribution in [0, 0.1) is 13.8 Å². The summed E-state index contributed by atoms with van der Waals surface area (Å²) in [6.45, 7) is 17.2. The number of fused-ring (bicyclic) bond motifs is 18. The Bertz CT molecular complexity index is 5340. The third-order valence-corrected chi connectivity index (χ3v) is 16.1. The number of aromatic nitrogens is 12. The second-order valence-electron chi connectivity index (χ2n) is 23.5. The molecule has 15 heteroatoms. The van der Waals surface area contributed by atoms with Gasteiger partial charge in [0.1, 0.15) is 33.3 Å². The van der Waals surface area contributed by atoms with Crippen molar-refractivity contribution in [1.29, 1.82) is 0 Å². The topological polar surface area (TPSA) is 151 Å². The lowest BCUT2D eigenvalue weighted by Crippen LogP contribution is -2.12. The second kappa shape index (κ2) is 22.1. The Kier molecular flexibility index (Phi) is 14.5. The molecule has 0 atom stereocenters. The van der Waals surface area contributed by atoms with Gasteiger partial charge >= 0.3 is 0 Å². The summed E-state index contributed by atoms with van der Waals surface area (Å²) in [6.07, 6.45) is 7.35. The summed E-state index contributed by atoms with van der Waals surface area (Å²) in [7, 11) is 0. The van der Waals surface area contributed by atoms with Crippen LogP contribution >= 0.6 is 15.9 Å². The molecule has 0 saturated carbocycles. The molecule has 0 radical (unpaired) electrons. The number of phenols is 1. The van der Waals surface area contributed by atoms with Gasteiger partial charge in [0.2, 0.25) is 5.88 Å². The number of aromatic hydroxyl groups is 1. The molecule has 0 aliphatic carbocycles. The molecule has 432 valence electrons. The lowest BCUT2D eigenvalue weighted by Gasteiger charge is -2.20. The molecule has 12 aromatic heterocycles. The molecule has 4 aromatic carbocycles. The van der Waals surface area contributed by atoms with Crippen molar-refractivity contribution in [3.05, 3.63) is 222 Å². The smallest absolute Gasteiger partial charge is 0.219 e. The molecule has 1 N–H and O–H groups in total. The third kappa shape index (κ3) is 10.2. The fourth-order valence-electron chi connectivity index (χ4n) is 11.6. The van der Waals surface area contributed by atoms with Gasteiger partial charge in [-0.1, -0.05) is 92.8 Å². The van der Waals surface area contributed by atoms with Crippen molar-refractivity contribution < 1.29 is 9.84 Å². The number of para-hydroxylation sites is 2.